The number of morpholine rings is 1. The van der Waals surface area contributed by atoms with Crippen molar-refractivity contribution >= 4 is 49.9 Å². The first-order valence-electron chi connectivity index (χ1n) is 11.5. The van der Waals surface area contributed by atoms with Crippen LogP contribution in [0.25, 0.3) is 10.2 Å². The summed E-state index contributed by atoms with van der Waals surface area (Å²) in [6.45, 7) is 3.96. The molecule has 1 aromatic heterocycles. The monoisotopic (exact) mass is 550 g/mol. The van der Waals surface area contributed by atoms with E-state index in [-0.39, 0.29) is 23.6 Å². The van der Waals surface area contributed by atoms with Gasteiger partial charge in [-0.25, -0.2) is 4.98 Å². The quantitative estimate of drug-likeness (QED) is 0.269. The molecule has 1 saturated heterocycles. The number of fused-ring (bicyclic) bond motifs is 1. The van der Waals surface area contributed by atoms with Crippen LogP contribution in [-0.2, 0) is 4.74 Å². The molecule has 0 radical (unpaired) electrons. The van der Waals surface area contributed by atoms with Crippen LogP contribution in [0.15, 0.2) is 24.3 Å². The number of halogens is 1. The number of benzene rings is 2. The summed E-state index contributed by atoms with van der Waals surface area (Å²) in [6.07, 6.45) is 0.619. The van der Waals surface area contributed by atoms with Crippen molar-refractivity contribution in [2.24, 2.45) is 0 Å². The van der Waals surface area contributed by atoms with E-state index < -0.39 is 16.5 Å². The number of thiazole rings is 1. The van der Waals surface area contributed by atoms with Crippen LogP contribution in [0.2, 0.25) is 5.02 Å². The maximum atomic E-state index is 13.9. The molecule has 0 bridgehead atoms. The van der Waals surface area contributed by atoms with Crippen LogP contribution in [0.3, 0.4) is 0 Å². The van der Waals surface area contributed by atoms with E-state index in [0.717, 1.165) is 19.6 Å². The van der Waals surface area contributed by atoms with Gasteiger partial charge in [0.2, 0.25) is 0 Å². The highest BCUT2D eigenvalue weighted by molar-refractivity contribution is 7.23. The Kier molecular flexibility index (Phi) is 8.64. The predicted octanol–water partition coefficient (Wildman–Crippen LogP) is 4.25. The Morgan fingerprint density at radius 3 is 2.49 bits per heavy atom. The first-order chi connectivity index (χ1) is 17.9. The summed E-state index contributed by atoms with van der Waals surface area (Å²) in [5, 5.41) is 12.7. The number of aromatic nitrogens is 1. The average Bonchev–Trinajstić information content (AvgIpc) is 3.36. The summed E-state index contributed by atoms with van der Waals surface area (Å²) in [5.74, 6) is 0.295. The standard InChI is InChI=1S/C24H27ClN4O7S/c1-33-18-6-5-16(25)22-21(18)26-24(37-22)28(8-4-7-27-9-11-36-12-10-27)23(30)15-13-19(34-2)20(35-3)14-17(15)29(31)32/h5-6,13-14H,4,7-12H2,1-3H3. The maximum Gasteiger partial charge on any atom is 0.286 e. The molecule has 1 aliphatic rings. The minimum atomic E-state index is -0.612. The fourth-order valence-corrected chi connectivity index (χ4v) is 5.40. The number of nitro benzene ring substituents is 1. The Morgan fingerprint density at radius 1 is 1.16 bits per heavy atom. The summed E-state index contributed by atoms with van der Waals surface area (Å²) in [6, 6.07) is 5.93. The van der Waals surface area contributed by atoms with E-state index in [4.69, 9.17) is 30.5 Å². The summed E-state index contributed by atoms with van der Waals surface area (Å²) < 4.78 is 22.0. The molecule has 4 rings (SSSR count). The molecule has 13 heteroatoms. The largest absolute Gasteiger partial charge is 0.494 e. The number of methoxy groups -OCH3 is 3. The molecule has 11 nitrogen and oxygen atoms in total. The molecular formula is C24H27ClN4O7S. The highest BCUT2D eigenvalue weighted by atomic mass is 35.5. The lowest BCUT2D eigenvalue weighted by Crippen LogP contribution is -2.39. The van der Waals surface area contributed by atoms with Crippen LogP contribution >= 0.6 is 22.9 Å². The van der Waals surface area contributed by atoms with Crippen molar-refractivity contribution in [3.8, 4) is 17.2 Å². The normalized spacial score (nSPS) is 13.9. The molecule has 1 amide bonds. The first kappa shape index (κ1) is 26.9. The molecule has 1 aliphatic heterocycles. The van der Waals surface area contributed by atoms with Crippen molar-refractivity contribution in [2.45, 2.75) is 6.42 Å². The molecule has 0 saturated carbocycles. The van der Waals surface area contributed by atoms with Gasteiger partial charge in [0, 0.05) is 32.2 Å². The Morgan fingerprint density at radius 2 is 1.84 bits per heavy atom. The number of nitrogens with zero attached hydrogens (tertiary/aromatic N) is 4. The maximum absolute atomic E-state index is 13.9. The first-order valence-corrected chi connectivity index (χ1v) is 12.7. The number of carbonyl (C=O) groups excluding carboxylic acids is 1. The van der Waals surface area contributed by atoms with Crippen LogP contribution < -0.4 is 19.1 Å². The van der Waals surface area contributed by atoms with Crippen LogP contribution in [0, 0.1) is 10.1 Å². The Hall–Kier alpha value is -3.19. The molecule has 1 fully saturated rings. The minimum Gasteiger partial charge on any atom is -0.494 e. The van der Waals surface area contributed by atoms with Gasteiger partial charge in [-0.05, 0) is 18.6 Å². The number of hydrogen-bond acceptors (Lipinski definition) is 10. The molecule has 0 N–H and O–H groups in total. The average molecular weight is 551 g/mol. The minimum absolute atomic E-state index is 0.133. The molecule has 0 atom stereocenters. The summed E-state index contributed by atoms with van der Waals surface area (Å²) in [7, 11) is 4.30. The fourth-order valence-electron chi connectivity index (χ4n) is 4.12. The zero-order valence-corrected chi connectivity index (χ0v) is 22.3. The van der Waals surface area contributed by atoms with E-state index in [1.165, 1.54) is 49.7 Å². The second-order valence-electron chi connectivity index (χ2n) is 8.17. The molecule has 2 heterocycles. The van der Waals surface area contributed by atoms with E-state index in [2.05, 4.69) is 9.88 Å². The second-order valence-corrected chi connectivity index (χ2v) is 9.55. The van der Waals surface area contributed by atoms with Gasteiger partial charge in [-0.15, -0.1) is 0 Å². The fraction of sp³-hybridized carbons (Fsp3) is 0.417. The number of carbonyl (C=O) groups is 1. The van der Waals surface area contributed by atoms with Gasteiger partial charge in [0.05, 0.1) is 55.3 Å². The van der Waals surface area contributed by atoms with Crippen molar-refractivity contribution in [1.82, 2.24) is 9.88 Å². The van der Waals surface area contributed by atoms with E-state index in [1.807, 2.05) is 0 Å². The predicted molar refractivity (Wildman–Crippen MR) is 141 cm³/mol. The van der Waals surface area contributed by atoms with Gasteiger partial charge in [0.15, 0.2) is 16.6 Å². The molecule has 0 spiro atoms. The van der Waals surface area contributed by atoms with Gasteiger partial charge in [0.25, 0.3) is 11.6 Å². The third-order valence-electron chi connectivity index (χ3n) is 6.03. The van der Waals surface area contributed by atoms with Crippen molar-refractivity contribution in [3.63, 3.8) is 0 Å². The molecule has 198 valence electrons. The zero-order chi connectivity index (χ0) is 26.5. The number of ether oxygens (including phenoxy) is 4. The van der Waals surface area contributed by atoms with Crippen molar-refractivity contribution in [2.75, 3.05) is 65.6 Å². The van der Waals surface area contributed by atoms with Crippen LogP contribution in [0.5, 0.6) is 17.2 Å². The third kappa shape index (κ3) is 5.72. The van der Waals surface area contributed by atoms with Crippen molar-refractivity contribution in [1.29, 1.82) is 0 Å². The van der Waals surface area contributed by atoms with Gasteiger partial charge in [0.1, 0.15) is 16.8 Å². The Bertz CT molecular complexity index is 1300. The van der Waals surface area contributed by atoms with Gasteiger partial charge in [-0.3, -0.25) is 24.7 Å². The van der Waals surface area contributed by atoms with Gasteiger partial charge in [-0.2, -0.15) is 0 Å². The summed E-state index contributed by atoms with van der Waals surface area (Å²) >= 11 is 7.64. The molecular weight excluding hydrogens is 524 g/mol. The highest BCUT2D eigenvalue weighted by Gasteiger charge is 2.31. The number of amides is 1. The number of nitro groups is 1. The Labute approximate surface area is 222 Å². The van der Waals surface area contributed by atoms with Gasteiger partial charge >= 0.3 is 0 Å². The molecule has 37 heavy (non-hydrogen) atoms. The number of hydrogen-bond donors (Lipinski definition) is 0. The zero-order valence-electron chi connectivity index (χ0n) is 20.7. The SMILES string of the molecule is COc1cc(C(=O)N(CCCN2CCOCC2)c2nc3c(OC)ccc(Cl)c3s2)c([N+](=O)[O-])cc1OC. The van der Waals surface area contributed by atoms with Gasteiger partial charge in [-0.1, -0.05) is 22.9 Å². The number of rotatable bonds is 10. The van der Waals surface area contributed by atoms with E-state index >= 15 is 0 Å². The van der Waals surface area contributed by atoms with E-state index in [9.17, 15) is 14.9 Å². The topological polar surface area (TPSA) is 117 Å². The van der Waals surface area contributed by atoms with Gasteiger partial charge < -0.3 is 18.9 Å². The lowest BCUT2D eigenvalue weighted by Gasteiger charge is -2.27. The van der Waals surface area contributed by atoms with Crippen molar-refractivity contribution in [3.05, 3.63) is 45.0 Å². The lowest BCUT2D eigenvalue weighted by molar-refractivity contribution is -0.385. The summed E-state index contributed by atoms with van der Waals surface area (Å²) in [4.78, 5) is 33.6. The molecule has 2 aromatic carbocycles. The van der Waals surface area contributed by atoms with Crippen LogP contribution in [0.1, 0.15) is 16.8 Å². The van der Waals surface area contributed by atoms with E-state index in [1.54, 1.807) is 12.1 Å². The Balaban J connectivity index is 1.75. The second kappa shape index (κ2) is 11.9. The summed E-state index contributed by atoms with van der Waals surface area (Å²) in [5.41, 5.74) is -0.00770. The molecule has 0 aliphatic carbocycles. The molecule has 0 unspecified atom stereocenters. The third-order valence-corrected chi connectivity index (χ3v) is 7.57. The highest BCUT2D eigenvalue weighted by Crippen LogP contribution is 2.40. The number of anilines is 1. The van der Waals surface area contributed by atoms with Crippen molar-refractivity contribution < 1.29 is 28.7 Å². The van der Waals surface area contributed by atoms with E-state index in [0.29, 0.717) is 45.8 Å². The molecule has 3 aromatic rings. The van der Waals surface area contributed by atoms with Crippen LogP contribution in [-0.4, -0.2) is 81.4 Å². The lowest BCUT2D eigenvalue weighted by atomic mass is 10.1. The van der Waals surface area contributed by atoms with Crippen LogP contribution in [0.4, 0.5) is 10.8 Å². The smallest absolute Gasteiger partial charge is 0.286 e.